The van der Waals surface area contributed by atoms with E-state index in [0.29, 0.717) is 6.42 Å². The van der Waals surface area contributed by atoms with Crippen LogP contribution in [0.2, 0.25) is 0 Å². The summed E-state index contributed by atoms with van der Waals surface area (Å²) in [6, 6.07) is -1.73. The Morgan fingerprint density at radius 2 is 1.67 bits per heavy atom. The van der Waals surface area contributed by atoms with E-state index in [2.05, 4.69) is 20.9 Å². The van der Waals surface area contributed by atoms with Crippen LogP contribution in [0.5, 0.6) is 0 Å². The lowest BCUT2D eigenvalue weighted by Gasteiger charge is -2.20. The highest BCUT2D eigenvalue weighted by atomic mass is 16.2. The molecule has 0 unspecified atom stereocenters. The quantitative estimate of drug-likeness (QED) is 0.136. The van der Waals surface area contributed by atoms with E-state index in [4.69, 9.17) is 17.2 Å². The molecule has 0 spiro atoms. The second kappa shape index (κ2) is 10.8. The SMILES string of the molecule is CC(=O)N[C@@H](C)C(=O)N[C@@H](CCCN=C(N)N)C(=O)NCC(N)=O. The summed E-state index contributed by atoms with van der Waals surface area (Å²) < 4.78 is 0. The fourth-order valence-electron chi connectivity index (χ4n) is 1.74. The van der Waals surface area contributed by atoms with Crippen molar-refractivity contribution in [2.24, 2.45) is 22.2 Å². The van der Waals surface area contributed by atoms with Crippen molar-refractivity contribution in [3.8, 4) is 0 Å². The van der Waals surface area contributed by atoms with Gasteiger partial charge in [0.05, 0.1) is 6.54 Å². The molecule has 0 aliphatic heterocycles. The topological polar surface area (TPSA) is 195 Å². The van der Waals surface area contributed by atoms with Crippen LogP contribution in [0.4, 0.5) is 0 Å². The number of hydrogen-bond donors (Lipinski definition) is 6. The number of nitrogens with one attached hydrogen (secondary N) is 3. The largest absolute Gasteiger partial charge is 0.370 e. The number of nitrogens with zero attached hydrogens (tertiary/aromatic N) is 1. The van der Waals surface area contributed by atoms with Crippen LogP contribution < -0.4 is 33.2 Å². The van der Waals surface area contributed by atoms with Crippen LogP contribution in [0.15, 0.2) is 4.99 Å². The lowest BCUT2D eigenvalue weighted by Crippen LogP contribution is -2.53. The molecule has 24 heavy (non-hydrogen) atoms. The number of carbonyl (C=O) groups is 4. The molecule has 11 heteroatoms. The average Bonchev–Trinajstić information content (AvgIpc) is 2.46. The molecule has 0 aromatic heterocycles. The molecule has 4 amide bonds. The molecule has 0 aromatic carbocycles. The first-order valence-electron chi connectivity index (χ1n) is 7.32. The smallest absolute Gasteiger partial charge is 0.243 e. The second-order valence-corrected chi connectivity index (χ2v) is 5.12. The molecule has 0 fully saturated rings. The van der Waals surface area contributed by atoms with Gasteiger partial charge in [0.15, 0.2) is 5.96 Å². The van der Waals surface area contributed by atoms with Gasteiger partial charge in [-0.1, -0.05) is 0 Å². The Bertz CT molecular complexity index is 503. The third-order valence-electron chi connectivity index (χ3n) is 2.83. The first kappa shape index (κ1) is 21.1. The van der Waals surface area contributed by atoms with E-state index < -0.39 is 29.8 Å². The zero-order valence-corrected chi connectivity index (χ0v) is 13.8. The van der Waals surface area contributed by atoms with Crippen molar-refractivity contribution in [1.29, 1.82) is 0 Å². The monoisotopic (exact) mass is 343 g/mol. The number of rotatable bonds is 10. The number of carbonyl (C=O) groups excluding carboxylic acids is 4. The van der Waals surface area contributed by atoms with Crippen molar-refractivity contribution in [2.45, 2.75) is 38.8 Å². The number of primary amides is 1. The van der Waals surface area contributed by atoms with E-state index in [9.17, 15) is 19.2 Å². The number of hydrogen-bond acceptors (Lipinski definition) is 5. The normalized spacial score (nSPS) is 12.4. The standard InChI is InChI=1S/C13H25N7O4/c1-7(19-8(2)21)11(23)20-9(4-3-5-17-13(15)16)12(24)18-6-10(14)22/h7,9H,3-6H2,1-2H3,(H2,14,22)(H,18,24)(H,19,21)(H,20,23)(H4,15,16,17)/t7-,9-/m0/s1. The minimum Gasteiger partial charge on any atom is -0.370 e. The van der Waals surface area contributed by atoms with E-state index in [-0.39, 0.29) is 31.4 Å². The predicted octanol–water partition coefficient (Wildman–Crippen LogP) is -3.35. The Hall–Kier alpha value is -2.85. The molecule has 0 aliphatic rings. The Kier molecular flexibility index (Phi) is 9.52. The van der Waals surface area contributed by atoms with Gasteiger partial charge >= 0.3 is 0 Å². The molecule has 2 atom stereocenters. The molecule has 0 aliphatic carbocycles. The maximum Gasteiger partial charge on any atom is 0.243 e. The third-order valence-corrected chi connectivity index (χ3v) is 2.83. The van der Waals surface area contributed by atoms with Gasteiger partial charge in [-0.25, -0.2) is 0 Å². The van der Waals surface area contributed by atoms with Gasteiger partial charge in [-0.05, 0) is 19.8 Å². The molecule has 0 saturated carbocycles. The minimum atomic E-state index is -0.915. The minimum absolute atomic E-state index is 0.0759. The second-order valence-electron chi connectivity index (χ2n) is 5.12. The number of amides is 4. The highest BCUT2D eigenvalue weighted by Gasteiger charge is 2.23. The Labute approximate surface area is 139 Å². The van der Waals surface area contributed by atoms with Crippen LogP contribution in [0.3, 0.4) is 0 Å². The van der Waals surface area contributed by atoms with Crippen LogP contribution >= 0.6 is 0 Å². The molecule has 0 saturated heterocycles. The lowest BCUT2D eigenvalue weighted by molar-refractivity contribution is -0.132. The highest BCUT2D eigenvalue weighted by molar-refractivity contribution is 5.92. The first-order valence-corrected chi connectivity index (χ1v) is 7.32. The van der Waals surface area contributed by atoms with Gasteiger partial charge in [-0.15, -0.1) is 0 Å². The molecule has 9 N–H and O–H groups in total. The van der Waals surface area contributed by atoms with E-state index in [1.807, 2.05) is 0 Å². The van der Waals surface area contributed by atoms with Gasteiger partial charge in [-0.3, -0.25) is 24.2 Å². The summed E-state index contributed by atoms with van der Waals surface area (Å²) in [5.41, 5.74) is 15.4. The summed E-state index contributed by atoms with van der Waals surface area (Å²) in [7, 11) is 0. The molecular formula is C13H25N7O4. The summed E-state index contributed by atoms with van der Waals surface area (Å²) >= 11 is 0. The average molecular weight is 343 g/mol. The zero-order valence-electron chi connectivity index (χ0n) is 13.8. The van der Waals surface area contributed by atoms with Crippen molar-refractivity contribution in [2.75, 3.05) is 13.1 Å². The van der Waals surface area contributed by atoms with Gasteiger partial charge in [0, 0.05) is 13.5 Å². The van der Waals surface area contributed by atoms with Crippen LogP contribution in [0.25, 0.3) is 0 Å². The summed E-state index contributed by atoms with van der Waals surface area (Å²) in [6.45, 7) is 2.68. The first-order chi connectivity index (χ1) is 11.1. The van der Waals surface area contributed by atoms with Crippen molar-refractivity contribution in [3.05, 3.63) is 0 Å². The van der Waals surface area contributed by atoms with Gasteiger partial charge < -0.3 is 33.2 Å². The molecule has 0 rings (SSSR count). The third kappa shape index (κ3) is 9.97. The molecule has 0 aromatic rings. The molecular weight excluding hydrogens is 318 g/mol. The molecule has 136 valence electrons. The Balaban J connectivity index is 4.73. The number of guanidine groups is 1. The van der Waals surface area contributed by atoms with Crippen molar-refractivity contribution in [1.82, 2.24) is 16.0 Å². The van der Waals surface area contributed by atoms with Crippen LogP contribution in [-0.4, -0.2) is 54.8 Å². The highest BCUT2D eigenvalue weighted by Crippen LogP contribution is 2.00. The fraction of sp³-hybridized carbons (Fsp3) is 0.615. The van der Waals surface area contributed by atoms with Crippen molar-refractivity contribution in [3.63, 3.8) is 0 Å². The molecule has 11 nitrogen and oxygen atoms in total. The summed E-state index contributed by atoms with van der Waals surface area (Å²) in [6.07, 6.45) is 0.654. The molecule has 0 bridgehead atoms. The molecule has 0 radical (unpaired) electrons. The summed E-state index contributed by atoms with van der Waals surface area (Å²) in [5.74, 6) is -2.26. The van der Waals surface area contributed by atoms with Gasteiger partial charge in [0.1, 0.15) is 12.1 Å². The number of aliphatic imine (C=N–C) groups is 1. The molecule has 0 heterocycles. The van der Waals surface area contributed by atoms with Crippen molar-refractivity contribution < 1.29 is 19.2 Å². The maximum absolute atomic E-state index is 12.0. The van der Waals surface area contributed by atoms with Gasteiger partial charge in [0.25, 0.3) is 0 Å². The summed E-state index contributed by atoms with van der Waals surface area (Å²) in [4.78, 5) is 49.5. The van der Waals surface area contributed by atoms with E-state index in [0.717, 1.165) is 0 Å². The van der Waals surface area contributed by atoms with Crippen LogP contribution in [-0.2, 0) is 19.2 Å². The van der Waals surface area contributed by atoms with E-state index in [1.165, 1.54) is 13.8 Å². The fourth-order valence-corrected chi connectivity index (χ4v) is 1.74. The lowest BCUT2D eigenvalue weighted by atomic mass is 10.1. The summed E-state index contributed by atoms with van der Waals surface area (Å²) in [5, 5.41) is 7.23. The Morgan fingerprint density at radius 1 is 1.04 bits per heavy atom. The van der Waals surface area contributed by atoms with Gasteiger partial charge in [0.2, 0.25) is 23.6 Å². The predicted molar refractivity (Wildman–Crippen MR) is 87.3 cm³/mol. The van der Waals surface area contributed by atoms with Crippen LogP contribution in [0.1, 0.15) is 26.7 Å². The zero-order chi connectivity index (χ0) is 18.7. The van der Waals surface area contributed by atoms with E-state index >= 15 is 0 Å². The van der Waals surface area contributed by atoms with Crippen LogP contribution in [0, 0.1) is 0 Å². The van der Waals surface area contributed by atoms with Gasteiger partial charge in [-0.2, -0.15) is 0 Å². The maximum atomic E-state index is 12.0. The number of nitrogens with two attached hydrogens (primary N) is 3. The Morgan fingerprint density at radius 3 is 2.17 bits per heavy atom. The van der Waals surface area contributed by atoms with E-state index in [1.54, 1.807) is 0 Å². The van der Waals surface area contributed by atoms with Crippen molar-refractivity contribution >= 4 is 29.6 Å².